The third-order valence-corrected chi connectivity index (χ3v) is 7.35. The van der Waals surface area contributed by atoms with Crippen LogP contribution in [0.5, 0.6) is 0 Å². The van der Waals surface area contributed by atoms with Crippen molar-refractivity contribution in [3.05, 3.63) is 34.9 Å². The first kappa shape index (κ1) is 22.1. The zero-order valence-electron chi connectivity index (χ0n) is 19.0. The Morgan fingerprint density at radius 3 is 2.45 bits per heavy atom. The summed E-state index contributed by atoms with van der Waals surface area (Å²) in [6, 6.07) is 6.05. The van der Waals surface area contributed by atoms with Crippen LogP contribution in [0, 0.1) is 19.8 Å². The standard InChI is InChI=1S/C24H35N3O4/c1-17-5-4-6-18(2)20(17)22(28)26-13-7-19(8-14-26)21-24(9-11-25-12-10-24)31-23(29)27(21)15-16-30-3/h4-6,19,21,25H,7-16H2,1-3H3. The lowest BCUT2D eigenvalue weighted by atomic mass is 9.74. The molecule has 0 bridgehead atoms. The Morgan fingerprint density at radius 1 is 1.19 bits per heavy atom. The van der Waals surface area contributed by atoms with Crippen molar-refractivity contribution in [3.8, 4) is 0 Å². The summed E-state index contributed by atoms with van der Waals surface area (Å²) < 4.78 is 11.3. The van der Waals surface area contributed by atoms with Gasteiger partial charge in [0.1, 0.15) is 5.60 Å². The molecule has 3 aliphatic heterocycles. The van der Waals surface area contributed by atoms with E-state index < -0.39 is 5.60 Å². The highest BCUT2D eigenvalue weighted by atomic mass is 16.6. The first-order valence-electron chi connectivity index (χ1n) is 11.5. The summed E-state index contributed by atoms with van der Waals surface area (Å²) in [5, 5.41) is 3.40. The smallest absolute Gasteiger partial charge is 0.410 e. The van der Waals surface area contributed by atoms with Crippen LogP contribution in [-0.2, 0) is 9.47 Å². The maximum Gasteiger partial charge on any atom is 0.410 e. The second-order valence-electron chi connectivity index (χ2n) is 9.21. The summed E-state index contributed by atoms with van der Waals surface area (Å²) in [5.41, 5.74) is 2.47. The van der Waals surface area contributed by atoms with Gasteiger partial charge in [0.25, 0.3) is 5.91 Å². The fraction of sp³-hybridized carbons (Fsp3) is 0.667. The average molecular weight is 430 g/mol. The molecule has 31 heavy (non-hydrogen) atoms. The normalized spacial score (nSPS) is 24.0. The Labute approximate surface area is 185 Å². The van der Waals surface area contributed by atoms with Gasteiger partial charge in [0.05, 0.1) is 12.6 Å². The molecular weight excluding hydrogens is 394 g/mol. The van der Waals surface area contributed by atoms with Gasteiger partial charge < -0.3 is 19.7 Å². The number of nitrogens with one attached hydrogen (secondary N) is 1. The van der Waals surface area contributed by atoms with E-state index >= 15 is 0 Å². The van der Waals surface area contributed by atoms with Crippen LogP contribution in [0.2, 0.25) is 0 Å². The molecule has 7 heteroatoms. The molecule has 2 amide bonds. The van der Waals surface area contributed by atoms with E-state index in [2.05, 4.69) is 5.32 Å². The predicted molar refractivity (Wildman–Crippen MR) is 118 cm³/mol. The number of likely N-dealkylation sites (tertiary alicyclic amines) is 1. The van der Waals surface area contributed by atoms with E-state index in [1.54, 1.807) is 7.11 Å². The van der Waals surface area contributed by atoms with Crippen molar-refractivity contribution in [3.63, 3.8) is 0 Å². The molecule has 3 saturated heterocycles. The van der Waals surface area contributed by atoms with Gasteiger partial charge >= 0.3 is 6.09 Å². The molecule has 1 atom stereocenters. The highest BCUT2D eigenvalue weighted by Gasteiger charge is 2.56. The van der Waals surface area contributed by atoms with Crippen LogP contribution >= 0.6 is 0 Å². The van der Waals surface area contributed by atoms with Gasteiger partial charge in [-0.2, -0.15) is 0 Å². The minimum Gasteiger partial charge on any atom is -0.440 e. The maximum atomic E-state index is 13.2. The lowest BCUT2D eigenvalue weighted by Crippen LogP contribution is -2.57. The summed E-state index contributed by atoms with van der Waals surface area (Å²) in [7, 11) is 1.66. The highest BCUT2D eigenvalue weighted by Crippen LogP contribution is 2.43. The maximum absolute atomic E-state index is 13.2. The molecule has 1 aromatic rings. The van der Waals surface area contributed by atoms with Crippen LogP contribution in [-0.4, -0.2) is 79.9 Å². The van der Waals surface area contributed by atoms with E-state index in [-0.39, 0.29) is 18.0 Å². The number of hydrogen-bond donors (Lipinski definition) is 1. The summed E-state index contributed by atoms with van der Waals surface area (Å²) in [6.07, 6.45) is 3.24. The van der Waals surface area contributed by atoms with Gasteiger partial charge in [-0.3, -0.25) is 9.69 Å². The highest BCUT2D eigenvalue weighted by molar-refractivity contribution is 5.97. The SMILES string of the molecule is COCCN1C(=O)OC2(CCNCC2)C1C1CCN(C(=O)c2c(C)cccc2C)CC1. The van der Waals surface area contributed by atoms with Crippen LogP contribution < -0.4 is 5.32 Å². The Balaban J connectivity index is 1.50. The summed E-state index contributed by atoms with van der Waals surface area (Å²) in [4.78, 5) is 29.9. The Hall–Kier alpha value is -2.12. The first-order valence-corrected chi connectivity index (χ1v) is 11.5. The lowest BCUT2D eigenvalue weighted by molar-refractivity contribution is -0.0194. The molecule has 4 rings (SSSR count). The monoisotopic (exact) mass is 429 g/mol. The number of carbonyl (C=O) groups is 2. The summed E-state index contributed by atoms with van der Waals surface area (Å²) >= 11 is 0. The zero-order valence-corrected chi connectivity index (χ0v) is 19.0. The third kappa shape index (κ3) is 4.17. The number of rotatable bonds is 5. The molecular formula is C24H35N3O4. The van der Waals surface area contributed by atoms with Crippen molar-refractivity contribution in [2.24, 2.45) is 5.92 Å². The van der Waals surface area contributed by atoms with Crippen molar-refractivity contribution < 1.29 is 19.1 Å². The van der Waals surface area contributed by atoms with E-state index in [0.717, 1.165) is 55.5 Å². The zero-order chi connectivity index (χ0) is 22.0. The van der Waals surface area contributed by atoms with Crippen LogP contribution in [0.3, 0.4) is 0 Å². The molecule has 1 N–H and O–H groups in total. The fourth-order valence-electron chi connectivity index (χ4n) is 5.77. The molecule has 0 aromatic heterocycles. The third-order valence-electron chi connectivity index (χ3n) is 7.35. The van der Waals surface area contributed by atoms with E-state index in [9.17, 15) is 9.59 Å². The van der Waals surface area contributed by atoms with Crippen LogP contribution in [0.25, 0.3) is 0 Å². The molecule has 170 valence electrons. The second-order valence-corrected chi connectivity index (χ2v) is 9.21. The Kier molecular flexibility index (Phi) is 6.53. The quantitative estimate of drug-likeness (QED) is 0.779. The molecule has 3 fully saturated rings. The number of methoxy groups -OCH3 is 1. The number of hydrogen-bond acceptors (Lipinski definition) is 5. The molecule has 0 saturated carbocycles. The van der Waals surface area contributed by atoms with E-state index in [1.807, 2.05) is 41.8 Å². The van der Waals surface area contributed by atoms with Gasteiger partial charge in [0.2, 0.25) is 0 Å². The molecule has 3 aliphatic rings. The largest absolute Gasteiger partial charge is 0.440 e. The van der Waals surface area contributed by atoms with Gasteiger partial charge in [-0.15, -0.1) is 0 Å². The van der Waals surface area contributed by atoms with Gasteiger partial charge in [-0.25, -0.2) is 4.79 Å². The minimum atomic E-state index is -0.417. The molecule has 0 aliphatic carbocycles. The molecule has 3 heterocycles. The van der Waals surface area contributed by atoms with Crippen molar-refractivity contribution >= 4 is 12.0 Å². The van der Waals surface area contributed by atoms with Gasteiger partial charge in [0.15, 0.2) is 0 Å². The van der Waals surface area contributed by atoms with Gasteiger partial charge in [0, 0.05) is 45.1 Å². The van der Waals surface area contributed by atoms with E-state index in [1.165, 1.54) is 0 Å². The number of ether oxygens (including phenoxy) is 2. The van der Waals surface area contributed by atoms with Crippen molar-refractivity contribution in [1.82, 2.24) is 15.1 Å². The van der Waals surface area contributed by atoms with Gasteiger partial charge in [-0.05, 0) is 56.8 Å². The summed E-state index contributed by atoms with van der Waals surface area (Å²) in [5.74, 6) is 0.448. The minimum absolute atomic E-state index is 0.0506. The van der Waals surface area contributed by atoms with Crippen molar-refractivity contribution in [1.29, 1.82) is 0 Å². The van der Waals surface area contributed by atoms with Crippen LogP contribution in [0.1, 0.15) is 47.2 Å². The Morgan fingerprint density at radius 2 is 1.84 bits per heavy atom. The topological polar surface area (TPSA) is 71.1 Å². The predicted octanol–water partition coefficient (Wildman–Crippen LogP) is 2.75. The van der Waals surface area contributed by atoms with Crippen LogP contribution in [0.4, 0.5) is 4.79 Å². The molecule has 1 unspecified atom stereocenters. The molecule has 0 radical (unpaired) electrons. The van der Waals surface area contributed by atoms with Crippen molar-refractivity contribution in [2.75, 3.05) is 46.4 Å². The first-order chi connectivity index (χ1) is 15.0. The summed E-state index contributed by atoms with van der Waals surface area (Å²) in [6.45, 7) is 8.23. The number of piperidine rings is 2. The number of amides is 2. The number of benzene rings is 1. The number of carbonyl (C=O) groups excluding carboxylic acids is 2. The molecule has 1 aromatic carbocycles. The van der Waals surface area contributed by atoms with Crippen LogP contribution in [0.15, 0.2) is 18.2 Å². The number of nitrogens with zero attached hydrogens (tertiary/aromatic N) is 2. The molecule has 7 nitrogen and oxygen atoms in total. The molecule has 1 spiro atoms. The van der Waals surface area contributed by atoms with E-state index in [0.29, 0.717) is 32.2 Å². The second kappa shape index (κ2) is 9.17. The average Bonchev–Trinajstić information content (AvgIpc) is 3.02. The van der Waals surface area contributed by atoms with E-state index in [4.69, 9.17) is 9.47 Å². The fourth-order valence-corrected chi connectivity index (χ4v) is 5.77. The Bertz CT molecular complexity index is 793. The lowest BCUT2D eigenvalue weighted by Gasteiger charge is -2.44. The van der Waals surface area contributed by atoms with Crippen molar-refractivity contribution in [2.45, 2.75) is 51.2 Å². The number of aryl methyl sites for hydroxylation is 2. The van der Waals surface area contributed by atoms with Gasteiger partial charge in [-0.1, -0.05) is 18.2 Å².